The van der Waals surface area contributed by atoms with Gasteiger partial charge in [-0.15, -0.1) is 0 Å². The van der Waals surface area contributed by atoms with Gasteiger partial charge in [0.05, 0.1) is 5.25 Å². The lowest BCUT2D eigenvalue weighted by Crippen LogP contribution is -2.23. The second-order valence-corrected chi connectivity index (χ2v) is 7.27. The Balaban J connectivity index is 2.09. The van der Waals surface area contributed by atoms with Gasteiger partial charge in [-0.3, -0.25) is 9.59 Å². The topological polar surface area (TPSA) is 74.8 Å². The predicted molar refractivity (Wildman–Crippen MR) is 99.0 cm³/mol. The number of nitrogens with one attached hydrogen (secondary N) is 2. The molecule has 0 aliphatic heterocycles. The number of H-pyrrole nitrogens is 1. The lowest BCUT2D eigenvalue weighted by atomic mass is 10.2. The first-order valence-electron chi connectivity index (χ1n) is 7.73. The van der Waals surface area contributed by atoms with Gasteiger partial charge in [0.15, 0.2) is 5.16 Å². The fourth-order valence-electron chi connectivity index (χ4n) is 2.11. The highest BCUT2D eigenvalue weighted by atomic mass is 35.5. The SMILES string of the molecule is CCCc1cc(=O)[nH]c(S[C@H](C)C(=O)Nc2cc(Cl)ccc2C)n1. The molecule has 1 aromatic carbocycles. The maximum absolute atomic E-state index is 12.4. The number of anilines is 1. The van der Waals surface area contributed by atoms with Crippen LogP contribution in [-0.2, 0) is 11.2 Å². The molecule has 0 unspecified atom stereocenters. The van der Waals surface area contributed by atoms with E-state index in [0.717, 1.165) is 24.1 Å². The number of carbonyl (C=O) groups is 1. The zero-order valence-electron chi connectivity index (χ0n) is 13.9. The molecule has 0 radical (unpaired) electrons. The van der Waals surface area contributed by atoms with E-state index >= 15 is 0 Å². The summed E-state index contributed by atoms with van der Waals surface area (Å²) in [6, 6.07) is 6.84. The van der Waals surface area contributed by atoms with Gasteiger partial charge in [0.1, 0.15) is 0 Å². The van der Waals surface area contributed by atoms with Gasteiger partial charge >= 0.3 is 0 Å². The van der Waals surface area contributed by atoms with E-state index in [2.05, 4.69) is 15.3 Å². The normalized spacial score (nSPS) is 12.0. The molecule has 24 heavy (non-hydrogen) atoms. The van der Waals surface area contributed by atoms with Crippen LogP contribution in [0.25, 0.3) is 0 Å². The van der Waals surface area contributed by atoms with Crippen LogP contribution in [0, 0.1) is 6.92 Å². The molecule has 7 heteroatoms. The number of amides is 1. The van der Waals surface area contributed by atoms with E-state index in [4.69, 9.17) is 11.6 Å². The van der Waals surface area contributed by atoms with Crippen LogP contribution in [0.5, 0.6) is 0 Å². The Morgan fingerprint density at radius 1 is 1.42 bits per heavy atom. The number of rotatable bonds is 6. The van der Waals surface area contributed by atoms with Crippen molar-refractivity contribution in [2.24, 2.45) is 0 Å². The number of hydrogen-bond donors (Lipinski definition) is 2. The molecule has 1 atom stereocenters. The van der Waals surface area contributed by atoms with E-state index in [-0.39, 0.29) is 11.5 Å². The predicted octanol–water partition coefficient (Wildman–Crippen LogP) is 3.80. The molecule has 2 rings (SSSR count). The molecule has 2 N–H and O–H groups in total. The van der Waals surface area contributed by atoms with Crippen molar-refractivity contribution in [2.45, 2.75) is 44.0 Å². The number of aryl methyl sites for hydroxylation is 2. The third-order valence-electron chi connectivity index (χ3n) is 3.39. The molecule has 0 bridgehead atoms. The Morgan fingerprint density at radius 3 is 2.88 bits per heavy atom. The van der Waals surface area contributed by atoms with Crippen molar-refractivity contribution in [3.05, 3.63) is 50.9 Å². The first-order valence-corrected chi connectivity index (χ1v) is 8.98. The molecule has 1 aromatic heterocycles. The fraction of sp³-hybridized carbons (Fsp3) is 0.353. The van der Waals surface area contributed by atoms with E-state index in [1.165, 1.54) is 17.8 Å². The summed E-state index contributed by atoms with van der Waals surface area (Å²) in [5.41, 5.74) is 2.15. The van der Waals surface area contributed by atoms with Crippen LogP contribution < -0.4 is 10.9 Å². The molecule has 2 aromatic rings. The lowest BCUT2D eigenvalue weighted by Gasteiger charge is -2.13. The van der Waals surface area contributed by atoms with Crippen LogP contribution in [-0.4, -0.2) is 21.1 Å². The molecule has 0 aliphatic carbocycles. The van der Waals surface area contributed by atoms with Gasteiger partial charge in [0, 0.05) is 22.5 Å². The van der Waals surface area contributed by atoms with Gasteiger partial charge in [0.25, 0.3) is 5.56 Å². The highest BCUT2D eigenvalue weighted by Crippen LogP contribution is 2.23. The van der Waals surface area contributed by atoms with Crippen molar-refractivity contribution < 1.29 is 4.79 Å². The molecular weight excluding hydrogens is 346 g/mol. The Bertz CT molecular complexity index is 792. The Hall–Kier alpha value is -1.79. The van der Waals surface area contributed by atoms with Gasteiger partial charge in [0.2, 0.25) is 5.91 Å². The average Bonchev–Trinajstić information content (AvgIpc) is 2.50. The number of thioether (sulfide) groups is 1. The second kappa shape index (κ2) is 8.35. The van der Waals surface area contributed by atoms with E-state index in [1.807, 2.05) is 19.9 Å². The minimum Gasteiger partial charge on any atom is -0.325 e. The summed E-state index contributed by atoms with van der Waals surface area (Å²) >= 11 is 7.19. The third kappa shape index (κ3) is 5.11. The van der Waals surface area contributed by atoms with Crippen molar-refractivity contribution in [3.63, 3.8) is 0 Å². The van der Waals surface area contributed by atoms with Crippen LogP contribution in [0.3, 0.4) is 0 Å². The Labute approximate surface area is 150 Å². The van der Waals surface area contributed by atoms with Crippen LogP contribution in [0.1, 0.15) is 31.5 Å². The molecule has 0 saturated carbocycles. The summed E-state index contributed by atoms with van der Waals surface area (Å²) in [5.74, 6) is -0.172. The minimum atomic E-state index is -0.414. The summed E-state index contributed by atoms with van der Waals surface area (Å²) < 4.78 is 0. The van der Waals surface area contributed by atoms with Gasteiger partial charge in [-0.2, -0.15) is 0 Å². The minimum absolute atomic E-state index is 0.172. The number of nitrogens with zero attached hydrogens (tertiary/aromatic N) is 1. The number of carbonyl (C=O) groups excluding carboxylic acids is 1. The van der Waals surface area contributed by atoms with Crippen LogP contribution in [0.15, 0.2) is 34.2 Å². The molecule has 0 fully saturated rings. The Morgan fingerprint density at radius 2 is 2.17 bits per heavy atom. The second-order valence-electron chi connectivity index (χ2n) is 5.50. The molecule has 1 heterocycles. The van der Waals surface area contributed by atoms with E-state index in [0.29, 0.717) is 15.9 Å². The number of halogens is 1. The van der Waals surface area contributed by atoms with Crippen molar-refractivity contribution in [1.29, 1.82) is 0 Å². The average molecular weight is 366 g/mol. The van der Waals surface area contributed by atoms with Crippen molar-refractivity contribution in [2.75, 3.05) is 5.32 Å². The van der Waals surface area contributed by atoms with E-state index in [1.54, 1.807) is 19.1 Å². The van der Waals surface area contributed by atoms with Crippen LogP contribution in [0.4, 0.5) is 5.69 Å². The first-order chi connectivity index (χ1) is 11.4. The number of hydrogen-bond acceptors (Lipinski definition) is 4. The van der Waals surface area contributed by atoms with Crippen molar-refractivity contribution in [1.82, 2.24) is 9.97 Å². The third-order valence-corrected chi connectivity index (χ3v) is 4.61. The first kappa shape index (κ1) is 18.5. The summed E-state index contributed by atoms with van der Waals surface area (Å²) in [4.78, 5) is 31.1. The Kier molecular flexibility index (Phi) is 6.45. The van der Waals surface area contributed by atoms with Gasteiger partial charge in [-0.1, -0.05) is 42.8 Å². The van der Waals surface area contributed by atoms with Gasteiger partial charge in [-0.05, 0) is 38.0 Å². The maximum Gasteiger partial charge on any atom is 0.251 e. The highest BCUT2D eigenvalue weighted by molar-refractivity contribution is 8.00. The van der Waals surface area contributed by atoms with E-state index < -0.39 is 5.25 Å². The summed E-state index contributed by atoms with van der Waals surface area (Å²) in [5, 5.41) is 3.47. The smallest absolute Gasteiger partial charge is 0.251 e. The van der Waals surface area contributed by atoms with Gasteiger partial charge in [-0.25, -0.2) is 4.98 Å². The zero-order valence-corrected chi connectivity index (χ0v) is 15.4. The lowest BCUT2D eigenvalue weighted by molar-refractivity contribution is -0.115. The zero-order chi connectivity index (χ0) is 17.7. The molecule has 0 spiro atoms. The van der Waals surface area contributed by atoms with Gasteiger partial charge < -0.3 is 10.3 Å². The molecule has 0 aliphatic rings. The summed E-state index contributed by atoms with van der Waals surface area (Å²) in [7, 11) is 0. The van der Waals surface area contributed by atoms with Crippen molar-refractivity contribution in [3.8, 4) is 0 Å². The van der Waals surface area contributed by atoms with Crippen LogP contribution >= 0.6 is 23.4 Å². The monoisotopic (exact) mass is 365 g/mol. The quantitative estimate of drug-likeness (QED) is 0.603. The number of aromatic nitrogens is 2. The summed E-state index contributed by atoms with van der Waals surface area (Å²) in [6.07, 6.45) is 1.64. The van der Waals surface area contributed by atoms with Crippen LogP contribution in [0.2, 0.25) is 5.02 Å². The maximum atomic E-state index is 12.4. The molecule has 1 amide bonds. The molecular formula is C17H20ClN3O2S. The highest BCUT2D eigenvalue weighted by Gasteiger charge is 2.17. The number of benzene rings is 1. The molecule has 0 saturated heterocycles. The fourth-order valence-corrected chi connectivity index (χ4v) is 3.11. The summed E-state index contributed by atoms with van der Waals surface area (Å²) in [6.45, 7) is 5.70. The molecule has 128 valence electrons. The van der Waals surface area contributed by atoms with Crippen molar-refractivity contribution >= 4 is 35.0 Å². The molecule has 5 nitrogen and oxygen atoms in total. The standard InChI is InChI=1S/C17H20ClN3O2S/c1-4-5-13-9-15(22)21-17(19-13)24-11(3)16(23)20-14-8-12(18)7-6-10(14)2/h6-9,11H,4-5H2,1-3H3,(H,20,23)(H,19,21,22)/t11-/m1/s1. The van der Waals surface area contributed by atoms with E-state index in [9.17, 15) is 9.59 Å². The number of aromatic amines is 1. The largest absolute Gasteiger partial charge is 0.325 e.